The average molecular weight is 462 g/mol. The van der Waals surface area contributed by atoms with E-state index in [-0.39, 0.29) is 29.5 Å². The minimum absolute atomic E-state index is 0.0449. The molecule has 2 aromatic heterocycles. The quantitative estimate of drug-likeness (QED) is 0.244. The summed E-state index contributed by atoms with van der Waals surface area (Å²) in [6.45, 7) is -0.415. The van der Waals surface area contributed by atoms with Gasteiger partial charge in [0, 0.05) is 12.6 Å². The average Bonchev–Trinajstić information content (AvgIpc) is 3.37. The summed E-state index contributed by atoms with van der Waals surface area (Å²) in [6.07, 6.45) is -4.15. The Morgan fingerprint density at radius 3 is 2.45 bits per heavy atom. The van der Waals surface area contributed by atoms with Crippen molar-refractivity contribution in [3.8, 4) is 11.5 Å². The molecule has 0 aliphatic carbocycles. The van der Waals surface area contributed by atoms with Crippen LogP contribution in [0, 0.1) is 0 Å². The number of nitrogens with two attached hydrogens (primary N) is 1. The van der Waals surface area contributed by atoms with Crippen LogP contribution < -0.4 is 20.5 Å². The molecule has 0 amide bonds. The molecule has 13 heteroatoms. The summed E-state index contributed by atoms with van der Waals surface area (Å²) in [5.74, 6) is 1.26. The topological polar surface area (TPSA) is 190 Å². The van der Waals surface area contributed by atoms with Crippen molar-refractivity contribution in [2.45, 2.75) is 30.6 Å². The molecule has 33 heavy (non-hydrogen) atoms. The first-order valence-corrected chi connectivity index (χ1v) is 10.1. The van der Waals surface area contributed by atoms with Gasteiger partial charge in [0.05, 0.1) is 33.3 Å². The van der Waals surface area contributed by atoms with Crippen molar-refractivity contribution in [1.82, 2.24) is 19.5 Å². The molecule has 5 atom stereocenters. The van der Waals surface area contributed by atoms with E-state index in [0.29, 0.717) is 17.1 Å². The SMILES string of the molecule is COc1cc(OC)cc(C(O)CNc2nc(N)c3ncn([C@@H]4O[C@H](CO)[C@@H](O)[C@H]4O)c3n2)c1. The second-order valence-electron chi connectivity index (χ2n) is 7.53. The standard InChI is InChI=1S/C20H26N6O7/c1-31-10-3-9(4-11(5-10)32-2)12(28)6-22-20-24-17(21)14-18(25-20)26(8-23-14)19-16(30)15(29)13(7-27)33-19/h3-5,8,12-13,15-16,19,27-30H,6-7H2,1-2H3,(H3,21,22,24,25)/t12?,13-,15-,16-,19-/m1/s1. The lowest BCUT2D eigenvalue weighted by molar-refractivity contribution is -0.0511. The molecule has 1 unspecified atom stereocenters. The molecule has 178 valence electrons. The second kappa shape index (κ2) is 9.33. The molecule has 13 nitrogen and oxygen atoms in total. The Morgan fingerprint density at radius 2 is 1.85 bits per heavy atom. The van der Waals surface area contributed by atoms with Crippen LogP contribution in [0.25, 0.3) is 11.2 Å². The molecule has 3 heterocycles. The molecular formula is C20H26N6O7. The number of aromatic nitrogens is 4. The van der Waals surface area contributed by atoms with Gasteiger partial charge in [-0.25, -0.2) is 4.98 Å². The highest BCUT2D eigenvalue weighted by Crippen LogP contribution is 2.32. The van der Waals surface area contributed by atoms with E-state index >= 15 is 0 Å². The number of nitrogens with zero attached hydrogens (tertiary/aromatic N) is 4. The molecule has 0 radical (unpaired) electrons. The number of nitrogens with one attached hydrogen (secondary N) is 1. The van der Waals surface area contributed by atoms with Gasteiger partial charge < -0.3 is 45.7 Å². The van der Waals surface area contributed by atoms with Crippen LogP contribution in [0.5, 0.6) is 11.5 Å². The number of fused-ring (bicyclic) bond motifs is 1. The number of anilines is 2. The minimum atomic E-state index is -1.31. The second-order valence-corrected chi connectivity index (χ2v) is 7.53. The molecule has 0 spiro atoms. The first-order valence-electron chi connectivity index (χ1n) is 10.1. The molecule has 0 bridgehead atoms. The number of hydrogen-bond donors (Lipinski definition) is 6. The van der Waals surface area contributed by atoms with Gasteiger partial charge in [0.15, 0.2) is 17.7 Å². The van der Waals surface area contributed by atoms with Crippen molar-refractivity contribution >= 4 is 22.9 Å². The van der Waals surface area contributed by atoms with Crippen molar-refractivity contribution in [1.29, 1.82) is 0 Å². The summed E-state index contributed by atoms with van der Waals surface area (Å²) in [6, 6.07) is 5.06. The lowest BCUT2D eigenvalue weighted by atomic mass is 10.1. The summed E-state index contributed by atoms with van der Waals surface area (Å²) in [4.78, 5) is 12.7. The lowest BCUT2D eigenvalue weighted by Gasteiger charge is -2.17. The van der Waals surface area contributed by atoms with Gasteiger partial charge in [0.25, 0.3) is 0 Å². The number of nitrogen functional groups attached to an aromatic ring is 1. The number of aliphatic hydroxyl groups excluding tert-OH is 4. The number of methoxy groups -OCH3 is 2. The van der Waals surface area contributed by atoms with Crippen molar-refractivity contribution in [2.75, 3.05) is 38.4 Å². The van der Waals surface area contributed by atoms with Gasteiger partial charge in [-0.2, -0.15) is 9.97 Å². The maximum atomic E-state index is 10.6. The van der Waals surface area contributed by atoms with Crippen LogP contribution in [-0.2, 0) is 4.74 Å². The van der Waals surface area contributed by atoms with Crippen molar-refractivity contribution in [3.63, 3.8) is 0 Å². The third kappa shape index (κ3) is 4.36. The van der Waals surface area contributed by atoms with E-state index in [1.165, 1.54) is 25.1 Å². The van der Waals surface area contributed by atoms with Gasteiger partial charge in [-0.15, -0.1) is 0 Å². The van der Waals surface area contributed by atoms with Gasteiger partial charge in [-0.1, -0.05) is 0 Å². The predicted molar refractivity (Wildman–Crippen MR) is 116 cm³/mol. The normalized spacial score (nSPS) is 23.6. The molecule has 3 aromatic rings. The van der Waals surface area contributed by atoms with Crippen LogP contribution >= 0.6 is 0 Å². The Balaban J connectivity index is 1.56. The summed E-state index contributed by atoms with van der Waals surface area (Å²) in [7, 11) is 3.04. The first-order chi connectivity index (χ1) is 15.9. The third-order valence-electron chi connectivity index (χ3n) is 5.45. The van der Waals surface area contributed by atoms with Crippen molar-refractivity contribution in [2.24, 2.45) is 0 Å². The van der Waals surface area contributed by atoms with Crippen LogP contribution in [0.1, 0.15) is 17.9 Å². The van der Waals surface area contributed by atoms with E-state index in [1.54, 1.807) is 18.2 Å². The smallest absolute Gasteiger partial charge is 0.226 e. The summed E-state index contributed by atoms with van der Waals surface area (Å²) in [5.41, 5.74) is 7.10. The summed E-state index contributed by atoms with van der Waals surface area (Å²) >= 11 is 0. The van der Waals surface area contributed by atoms with E-state index in [2.05, 4.69) is 20.3 Å². The molecule has 1 aliphatic heterocycles. The molecule has 0 saturated carbocycles. The summed E-state index contributed by atoms with van der Waals surface area (Å²) < 4.78 is 17.4. The largest absolute Gasteiger partial charge is 0.497 e. The molecular weight excluding hydrogens is 436 g/mol. The fourth-order valence-electron chi connectivity index (χ4n) is 3.64. The van der Waals surface area contributed by atoms with Crippen molar-refractivity contribution < 1.29 is 34.6 Å². The number of benzene rings is 1. The Bertz CT molecular complexity index is 1100. The first kappa shape index (κ1) is 22.9. The highest BCUT2D eigenvalue weighted by molar-refractivity contribution is 5.83. The summed E-state index contributed by atoms with van der Waals surface area (Å²) in [5, 5.41) is 43.3. The highest BCUT2D eigenvalue weighted by atomic mass is 16.6. The van der Waals surface area contributed by atoms with E-state index in [9.17, 15) is 20.4 Å². The Labute approximate surface area is 188 Å². The predicted octanol–water partition coefficient (Wildman–Crippen LogP) is -0.817. The van der Waals surface area contributed by atoms with E-state index in [0.717, 1.165) is 0 Å². The Morgan fingerprint density at radius 1 is 1.15 bits per heavy atom. The van der Waals surface area contributed by atoms with Gasteiger partial charge >= 0.3 is 0 Å². The maximum Gasteiger partial charge on any atom is 0.226 e. The number of aliphatic hydroxyl groups is 4. The van der Waals surface area contributed by atoms with Crippen LogP contribution in [0.3, 0.4) is 0 Å². The van der Waals surface area contributed by atoms with E-state index in [4.69, 9.17) is 19.9 Å². The highest BCUT2D eigenvalue weighted by Gasteiger charge is 2.44. The van der Waals surface area contributed by atoms with E-state index in [1.807, 2.05) is 0 Å². The number of rotatable bonds is 8. The van der Waals surface area contributed by atoms with Crippen molar-refractivity contribution in [3.05, 3.63) is 30.1 Å². The van der Waals surface area contributed by atoms with Gasteiger partial charge in [-0.05, 0) is 17.7 Å². The maximum absolute atomic E-state index is 10.6. The van der Waals surface area contributed by atoms with Gasteiger partial charge in [-0.3, -0.25) is 4.57 Å². The Kier molecular flexibility index (Phi) is 6.49. The van der Waals surface area contributed by atoms with Crippen LogP contribution in [0.15, 0.2) is 24.5 Å². The molecule has 1 aliphatic rings. The minimum Gasteiger partial charge on any atom is -0.497 e. The number of imidazole rings is 1. The number of ether oxygens (including phenoxy) is 3. The Hall–Kier alpha value is -3.23. The van der Waals surface area contributed by atoms with Crippen LogP contribution in [0.2, 0.25) is 0 Å². The molecule has 1 aromatic carbocycles. The zero-order valence-electron chi connectivity index (χ0n) is 18.0. The number of hydrogen-bond acceptors (Lipinski definition) is 12. The molecule has 1 saturated heterocycles. The zero-order valence-corrected chi connectivity index (χ0v) is 18.0. The van der Waals surface area contributed by atoms with E-state index < -0.39 is 37.3 Å². The van der Waals surface area contributed by atoms with Crippen LogP contribution in [0.4, 0.5) is 11.8 Å². The van der Waals surface area contributed by atoms with Gasteiger partial charge in [0.1, 0.15) is 35.3 Å². The molecule has 1 fully saturated rings. The van der Waals surface area contributed by atoms with Gasteiger partial charge in [0.2, 0.25) is 5.95 Å². The fourth-order valence-corrected chi connectivity index (χ4v) is 3.64. The molecule has 7 N–H and O–H groups in total. The molecule has 4 rings (SSSR count). The lowest BCUT2D eigenvalue weighted by Crippen LogP contribution is -2.33. The third-order valence-corrected chi connectivity index (χ3v) is 5.45. The van der Waals surface area contributed by atoms with Crippen LogP contribution in [-0.4, -0.2) is 85.6 Å². The fraction of sp³-hybridized carbons (Fsp3) is 0.450. The zero-order chi connectivity index (χ0) is 23.7. The monoisotopic (exact) mass is 462 g/mol.